The Morgan fingerprint density at radius 2 is 1.94 bits per heavy atom. The van der Waals surface area contributed by atoms with Crippen LogP contribution >= 0.6 is 0 Å². The number of carboxylic acid groups (broad SMARTS) is 1. The molecule has 0 unspecified atom stereocenters. The molecule has 0 bridgehead atoms. The molecule has 0 aliphatic rings. The fraction of sp³-hybridized carbons (Fsp3) is 0.700. The molecule has 0 spiro atoms. The van der Waals surface area contributed by atoms with Crippen LogP contribution in [0.5, 0.6) is 0 Å². The zero-order valence-corrected chi connectivity index (χ0v) is 10.0. The predicted octanol–water partition coefficient (Wildman–Crippen LogP) is -1.32. The summed E-state index contributed by atoms with van der Waals surface area (Å²) in [5.41, 5.74) is 5.15. The Hall–Kier alpha value is -1.63. The van der Waals surface area contributed by atoms with Crippen molar-refractivity contribution in [2.24, 2.45) is 11.7 Å². The number of carbonyl (C=O) groups excluding carboxylic acids is 2. The van der Waals surface area contributed by atoms with Crippen LogP contribution in [0.2, 0.25) is 0 Å². The van der Waals surface area contributed by atoms with E-state index in [0.29, 0.717) is 6.42 Å². The van der Waals surface area contributed by atoms with Gasteiger partial charge in [-0.15, -0.1) is 0 Å². The van der Waals surface area contributed by atoms with Gasteiger partial charge in [0.2, 0.25) is 11.8 Å². The second-order valence-electron chi connectivity index (χ2n) is 3.75. The fourth-order valence-corrected chi connectivity index (χ4v) is 1.21. The molecule has 17 heavy (non-hydrogen) atoms. The van der Waals surface area contributed by atoms with E-state index in [1.165, 1.54) is 0 Å². The summed E-state index contributed by atoms with van der Waals surface area (Å²) >= 11 is 0. The second-order valence-corrected chi connectivity index (χ2v) is 3.75. The molecule has 0 rings (SSSR count). The van der Waals surface area contributed by atoms with E-state index < -0.39 is 30.4 Å². The molecule has 7 nitrogen and oxygen atoms in total. The van der Waals surface area contributed by atoms with Crippen LogP contribution in [-0.2, 0) is 14.4 Å². The lowest BCUT2D eigenvalue weighted by Gasteiger charge is -2.22. The van der Waals surface area contributed by atoms with Gasteiger partial charge in [0, 0.05) is 0 Å². The van der Waals surface area contributed by atoms with Crippen molar-refractivity contribution in [2.75, 3.05) is 13.1 Å². The third kappa shape index (κ3) is 5.86. The molecule has 5 N–H and O–H groups in total. The first-order valence-electron chi connectivity index (χ1n) is 5.41. The number of nitrogens with two attached hydrogens (primary N) is 1. The highest BCUT2D eigenvalue weighted by atomic mass is 16.4. The summed E-state index contributed by atoms with van der Waals surface area (Å²) in [4.78, 5) is 33.1. The van der Waals surface area contributed by atoms with E-state index in [1.54, 1.807) is 6.92 Å². The minimum atomic E-state index is -1.13. The molecule has 0 aliphatic heterocycles. The van der Waals surface area contributed by atoms with E-state index in [1.807, 2.05) is 6.92 Å². The maximum atomic E-state index is 11.7. The van der Waals surface area contributed by atoms with Gasteiger partial charge in [-0.25, -0.2) is 0 Å². The molecule has 7 heteroatoms. The summed E-state index contributed by atoms with van der Waals surface area (Å²) < 4.78 is 0. The van der Waals surface area contributed by atoms with E-state index in [0.717, 1.165) is 0 Å². The van der Waals surface area contributed by atoms with Gasteiger partial charge in [-0.05, 0) is 5.92 Å². The number of hydrogen-bond acceptors (Lipinski definition) is 4. The Morgan fingerprint density at radius 3 is 2.35 bits per heavy atom. The standard InChI is InChI=1S/C10H19N3O4/c1-3-6(2)9(13-7(14)4-11)10(17)12-5-8(15)16/h6,9H,3-5,11H2,1-2H3,(H,12,17)(H,13,14)(H,15,16)/t6-,9-/m0/s1. The molecule has 0 heterocycles. The topological polar surface area (TPSA) is 122 Å². The van der Waals surface area contributed by atoms with Crippen LogP contribution < -0.4 is 16.4 Å². The van der Waals surface area contributed by atoms with Crippen molar-refractivity contribution < 1.29 is 19.5 Å². The number of nitrogens with one attached hydrogen (secondary N) is 2. The largest absolute Gasteiger partial charge is 0.480 e. The quantitative estimate of drug-likeness (QED) is 0.443. The zero-order chi connectivity index (χ0) is 13.4. The molecular weight excluding hydrogens is 226 g/mol. The molecule has 0 radical (unpaired) electrons. The Bertz CT molecular complexity index is 293. The van der Waals surface area contributed by atoms with Crippen molar-refractivity contribution in [3.63, 3.8) is 0 Å². The predicted molar refractivity (Wildman–Crippen MR) is 61.1 cm³/mol. The number of carbonyl (C=O) groups is 3. The number of aliphatic carboxylic acids is 1. The first-order valence-corrected chi connectivity index (χ1v) is 5.41. The van der Waals surface area contributed by atoms with Crippen molar-refractivity contribution in [2.45, 2.75) is 26.3 Å². The highest BCUT2D eigenvalue weighted by Crippen LogP contribution is 2.07. The van der Waals surface area contributed by atoms with Gasteiger partial charge in [-0.1, -0.05) is 20.3 Å². The molecule has 0 aromatic carbocycles. The minimum absolute atomic E-state index is 0.0979. The van der Waals surface area contributed by atoms with Crippen LogP contribution in [0.1, 0.15) is 20.3 Å². The highest BCUT2D eigenvalue weighted by molar-refractivity contribution is 5.90. The average Bonchev–Trinajstić information content (AvgIpc) is 2.31. The molecule has 2 atom stereocenters. The monoisotopic (exact) mass is 245 g/mol. The third-order valence-electron chi connectivity index (χ3n) is 2.41. The number of carboxylic acids is 1. The lowest BCUT2D eigenvalue weighted by Crippen LogP contribution is -2.52. The van der Waals surface area contributed by atoms with Gasteiger partial charge < -0.3 is 21.5 Å². The average molecular weight is 245 g/mol. The van der Waals surface area contributed by atoms with Gasteiger partial charge >= 0.3 is 5.97 Å². The maximum Gasteiger partial charge on any atom is 0.322 e. The summed E-state index contributed by atoms with van der Waals surface area (Å²) in [5, 5.41) is 13.2. The third-order valence-corrected chi connectivity index (χ3v) is 2.41. The van der Waals surface area contributed by atoms with Gasteiger partial charge in [0.1, 0.15) is 12.6 Å². The molecule has 98 valence electrons. The molecule has 0 aromatic heterocycles. The van der Waals surface area contributed by atoms with Crippen molar-refractivity contribution in [1.29, 1.82) is 0 Å². The van der Waals surface area contributed by atoms with E-state index in [2.05, 4.69) is 10.6 Å². The van der Waals surface area contributed by atoms with Crippen LogP contribution in [0.25, 0.3) is 0 Å². The van der Waals surface area contributed by atoms with Crippen molar-refractivity contribution in [3.8, 4) is 0 Å². The van der Waals surface area contributed by atoms with E-state index in [-0.39, 0.29) is 12.5 Å². The maximum absolute atomic E-state index is 11.7. The molecule has 0 saturated heterocycles. The Kier molecular flexibility index (Phi) is 6.88. The summed E-state index contributed by atoms with van der Waals surface area (Å²) in [7, 11) is 0. The van der Waals surface area contributed by atoms with Gasteiger partial charge in [0.25, 0.3) is 0 Å². The Balaban J connectivity index is 4.50. The first-order chi connectivity index (χ1) is 7.92. The lowest BCUT2D eigenvalue weighted by molar-refractivity contribution is -0.138. The summed E-state index contributed by atoms with van der Waals surface area (Å²) in [6.45, 7) is 2.99. The smallest absolute Gasteiger partial charge is 0.322 e. The summed E-state index contributed by atoms with van der Waals surface area (Å²) in [6.07, 6.45) is 0.677. The van der Waals surface area contributed by atoms with Gasteiger partial charge in [0.05, 0.1) is 6.54 Å². The normalized spacial score (nSPS) is 13.6. The number of rotatable bonds is 7. The Labute approximate surface area is 99.7 Å². The molecule has 0 fully saturated rings. The summed E-state index contributed by atoms with van der Waals surface area (Å²) in [6, 6.07) is -0.754. The van der Waals surface area contributed by atoms with Crippen LogP contribution in [0.15, 0.2) is 0 Å². The second kappa shape index (κ2) is 7.61. The van der Waals surface area contributed by atoms with E-state index >= 15 is 0 Å². The molecular formula is C10H19N3O4. The Morgan fingerprint density at radius 1 is 1.35 bits per heavy atom. The first kappa shape index (κ1) is 15.4. The molecule has 0 aromatic rings. The van der Waals surface area contributed by atoms with Crippen molar-refractivity contribution >= 4 is 17.8 Å². The number of amides is 2. The van der Waals surface area contributed by atoms with Crippen molar-refractivity contribution in [1.82, 2.24) is 10.6 Å². The van der Waals surface area contributed by atoms with Gasteiger partial charge in [0.15, 0.2) is 0 Å². The lowest BCUT2D eigenvalue weighted by atomic mass is 9.98. The highest BCUT2D eigenvalue weighted by Gasteiger charge is 2.25. The van der Waals surface area contributed by atoms with Gasteiger partial charge in [-0.2, -0.15) is 0 Å². The van der Waals surface area contributed by atoms with E-state index in [4.69, 9.17) is 10.8 Å². The van der Waals surface area contributed by atoms with Crippen LogP contribution in [0, 0.1) is 5.92 Å². The van der Waals surface area contributed by atoms with Crippen LogP contribution in [0.4, 0.5) is 0 Å². The SMILES string of the molecule is CC[C@H](C)[C@H](NC(=O)CN)C(=O)NCC(=O)O. The van der Waals surface area contributed by atoms with Gasteiger partial charge in [-0.3, -0.25) is 14.4 Å². The fourth-order valence-electron chi connectivity index (χ4n) is 1.21. The number of hydrogen-bond donors (Lipinski definition) is 4. The zero-order valence-electron chi connectivity index (χ0n) is 10.0. The molecule has 2 amide bonds. The molecule has 0 saturated carbocycles. The van der Waals surface area contributed by atoms with Crippen molar-refractivity contribution in [3.05, 3.63) is 0 Å². The van der Waals surface area contributed by atoms with Crippen LogP contribution in [0.3, 0.4) is 0 Å². The molecule has 0 aliphatic carbocycles. The summed E-state index contributed by atoms with van der Waals surface area (Å²) in [5.74, 6) is -2.19. The van der Waals surface area contributed by atoms with E-state index in [9.17, 15) is 14.4 Å². The minimum Gasteiger partial charge on any atom is -0.480 e. The van der Waals surface area contributed by atoms with Crippen LogP contribution in [-0.4, -0.2) is 42.0 Å².